The van der Waals surface area contributed by atoms with Crippen LogP contribution in [0.25, 0.3) is 0 Å². The first-order valence-corrected chi connectivity index (χ1v) is 7.29. The van der Waals surface area contributed by atoms with Crippen LogP contribution in [0.5, 0.6) is 5.75 Å². The fraction of sp³-hybridized carbons (Fsp3) is 0.500. The van der Waals surface area contributed by atoms with Gasteiger partial charge in [-0.3, -0.25) is 4.79 Å². The molecule has 1 aromatic rings. The van der Waals surface area contributed by atoms with Crippen molar-refractivity contribution in [1.29, 1.82) is 0 Å². The standard InChI is InChI=1S/C16H23NO4/c1-3-4-5-8-12(2)17-15(18)11-21-14-10-7-6-9-13(14)16(19)20/h6-7,9-10,12H,3-5,8,11H2,1-2H3,(H,17,18)(H,19,20). The van der Waals surface area contributed by atoms with Crippen molar-refractivity contribution in [3.63, 3.8) is 0 Å². The molecule has 0 aromatic heterocycles. The quantitative estimate of drug-likeness (QED) is 0.686. The number of benzene rings is 1. The zero-order valence-electron chi connectivity index (χ0n) is 12.6. The minimum Gasteiger partial charge on any atom is -0.483 e. The third-order valence-corrected chi connectivity index (χ3v) is 3.12. The summed E-state index contributed by atoms with van der Waals surface area (Å²) in [5.74, 6) is -1.10. The molecule has 1 rings (SSSR count). The number of hydrogen-bond acceptors (Lipinski definition) is 3. The van der Waals surface area contributed by atoms with Crippen molar-refractivity contribution in [2.24, 2.45) is 0 Å². The van der Waals surface area contributed by atoms with Crippen LogP contribution in [0.3, 0.4) is 0 Å². The van der Waals surface area contributed by atoms with Crippen molar-refractivity contribution < 1.29 is 19.4 Å². The lowest BCUT2D eigenvalue weighted by Gasteiger charge is -2.14. The van der Waals surface area contributed by atoms with E-state index in [-0.39, 0.29) is 29.9 Å². The number of rotatable bonds is 9. The smallest absolute Gasteiger partial charge is 0.339 e. The minimum absolute atomic E-state index is 0.0568. The lowest BCUT2D eigenvalue weighted by molar-refractivity contribution is -0.123. The zero-order valence-corrected chi connectivity index (χ0v) is 12.6. The number of amides is 1. The van der Waals surface area contributed by atoms with Crippen LogP contribution in [0, 0.1) is 0 Å². The molecular weight excluding hydrogens is 270 g/mol. The summed E-state index contributed by atoms with van der Waals surface area (Å²) in [5.41, 5.74) is 0.0568. The number of unbranched alkanes of at least 4 members (excludes halogenated alkanes) is 2. The Morgan fingerprint density at radius 3 is 2.67 bits per heavy atom. The summed E-state index contributed by atoms with van der Waals surface area (Å²) in [6, 6.07) is 6.38. The van der Waals surface area contributed by atoms with Gasteiger partial charge in [0.05, 0.1) is 0 Å². The summed E-state index contributed by atoms with van der Waals surface area (Å²) in [5, 5.41) is 11.9. The van der Waals surface area contributed by atoms with E-state index in [0.717, 1.165) is 25.7 Å². The van der Waals surface area contributed by atoms with Gasteiger partial charge in [-0.2, -0.15) is 0 Å². The SMILES string of the molecule is CCCCCC(C)NC(=O)COc1ccccc1C(=O)O. The number of aromatic carboxylic acids is 1. The molecule has 116 valence electrons. The van der Waals surface area contributed by atoms with Crippen LogP contribution >= 0.6 is 0 Å². The lowest BCUT2D eigenvalue weighted by atomic mass is 10.1. The van der Waals surface area contributed by atoms with Gasteiger partial charge in [-0.25, -0.2) is 4.79 Å². The maximum Gasteiger partial charge on any atom is 0.339 e. The van der Waals surface area contributed by atoms with E-state index in [1.165, 1.54) is 6.07 Å². The Morgan fingerprint density at radius 2 is 2.00 bits per heavy atom. The molecule has 1 amide bonds. The Balaban J connectivity index is 2.41. The molecule has 0 radical (unpaired) electrons. The van der Waals surface area contributed by atoms with Gasteiger partial charge in [0, 0.05) is 6.04 Å². The third-order valence-electron chi connectivity index (χ3n) is 3.12. The van der Waals surface area contributed by atoms with Crippen molar-refractivity contribution in [2.45, 2.75) is 45.6 Å². The molecule has 2 N–H and O–H groups in total. The maximum absolute atomic E-state index is 11.8. The summed E-state index contributed by atoms with van der Waals surface area (Å²) in [6.07, 6.45) is 4.32. The van der Waals surface area contributed by atoms with Gasteiger partial charge in [-0.05, 0) is 25.5 Å². The highest BCUT2D eigenvalue weighted by Gasteiger charge is 2.12. The average molecular weight is 293 g/mol. The van der Waals surface area contributed by atoms with Gasteiger partial charge in [0.2, 0.25) is 0 Å². The number of nitrogens with one attached hydrogen (secondary N) is 1. The van der Waals surface area contributed by atoms with E-state index >= 15 is 0 Å². The second kappa shape index (κ2) is 9.00. The second-order valence-corrected chi connectivity index (χ2v) is 5.05. The second-order valence-electron chi connectivity index (χ2n) is 5.05. The van der Waals surface area contributed by atoms with Crippen molar-refractivity contribution in [3.8, 4) is 5.75 Å². The largest absolute Gasteiger partial charge is 0.483 e. The lowest BCUT2D eigenvalue weighted by Crippen LogP contribution is -2.36. The Morgan fingerprint density at radius 1 is 1.29 bits per heavy atom. The Hall–Kier alpha value is -2.04. The van der Waals surface area contributed by atoms with Gasteiger partial charge in [0.15, 0.2) is 6.61 Å². The first-order valence-electron chi connectivity index (χ1n) is 7.29. The number of para-hydroxylation sites is 1. The molecule has 0 saturated carbocycles. The summed E-state index contributed by atoms with van der Waals surface area (Å²) in [4.78, 5) is 22.8. The summed E-state index contributed by atoms with van der Waals surface area (Å²) in [6.45, 7) is 3.91. The highest BCUT2D eigenvalue weighted by molar-refractivity contribution is 5.91. The number of carboxylic acid groups (broad SMARTS) is 1. The van der Waals surface area contributed by atoms with E-state index in [0.29, 0.717) is 0 Å². The molecule has 5 nitrogen and oxygen atoms in total. The molecule has 5 heteroatoms. The highest BCUT2D eigenvalue weighted by Crippen LogP contribution is 2.17. The minimum atomic E-state index is -1.07. The molecule has 21 heavy (non-hydrogen) atoms. The molecule has 0 saturated heterocycles. The van der Waals surface area contributed by atoms with E-state index in [1.807, 2.05) is 6.92 Å². The Labute approximate surface area is 125 Å². The van der Waals surface area contributed by atoms with Gasteiger partial charge in [-0.15, -0.1) is 0 Å². The molecule has 0 aliphatic carbocycles. The van der Waals surface area contributed by atoms with Crippen LogP contribution < -0.4 is 10.1 Å². The van der Waals surface area contributed by atoms with E-state index in [9.17, 15) is 9.59 Å². The third kappa shape index (κ3) is 6.29. The number of ether oxygens (including phenoxy) is 1. The van der Waals surface area contributed by atoms with Crippen molar-refractivity contribution in [1.82, 2.24) is 5.32 Å². The van der Waals surface area contributed by atoms with Crippen LogP contribution in [-0.4, -0.2) is 29.6 Å². The molecule has 1 aromatic carbocycles. The number of carbonyl (C=O) groups is 2. The van der Waals surface area contributed by atoms with Crippen molar-refractivity contribution in [2.75, 3.05) is 6.61 Å². The molecular formula is C16H23NO4. The molecule has 1 unspecified atom stereocenters. The van der Waals surface area contributed by atoms with E-state index in [1.54, 1.807) is 18.2 Å². The van der Waals surface area contributed by atoms with E-state index in [2.05, 4.69) is 12.2 Å². The van der Waals surface area contributed by atoms with E-state index in [4.69, 9.17) is 9.84 Å². The molecule has 0 spiro atoms. The number of carboxylic acids is 1. The average Bonchev–Trinajstić information content (AvgIpc) is 2.45. The summed E-state index contributed by atoms with van der Waals surface area (Å²) >= 11 is 0. The van der Waals surface area contributed by atoms with Crippen LogP contribution in [0.2, 0.25) is 0 Å². The molecule has 0 aliphatic rings. The zero-order chi connectivity index (χ0) is 15.7. The highest BCUT2D eigenvalue weighted by atomic mass is 16.5. The monoisotopic (exact) mass is 293 g/mol. The fourth-order valence-corrected chi connectivity index (χ4v) is 2.00. The van der Waals surface area contributed by atoms with Crippen LogP contribution in [0.4, 0.5) is 0 Å². The Kier molecular flexibility index (Phi) is 7.29. The first-order chi connectivity index (χ1) is 10.0. The Bertz CT molecular complexity index is 473. The molecule has 0 bridgehead atoms. The predicted octanol–water partition coefficient (Wildman–Crippen LogP) is 2.85. The van der Waals surface area contributed by atoms with Crippen molar-refractivity contribution >= 4 is 11.9 Å². The maximum atomic E-state index is 11.8. The van der Waals surface area contributed by atoms with Gasteiger partial charge in [-0.1, -0.05) is 38.3 Å². The van der Waals surface area contributed by atoms with Crippen LogP contribution in [-0.2, 0) is 4.79 Å². The van der Waals surface area contributed by atoms with E-state index < -0.39 is 5.97 Å². The molecule has 0 aliphatic heterocycles. The van der Waals surface area contributed by atoms with Gasteiger partial charge in [0.1, 0.15) is 11.3 Å². The number of carbonyl (C=O) groups excluding carboxylic acids is 1. The summed E-state index contributed by atoms with van der Waals surface area (Å²) in [7, 11) is 0. The number of hydrogen-bond donors (Lipinski definition) is 2. The first kappa shape index (κ1) is 17.0. The normalized spacial score (nSPS) is 11.7. The molecule has 0 fully saturated rings. The van der Waals surface area contributed by atoms with Crippen LogP contribution in [0.1, 0.15) is 49.9 Å². The molecule has 1 atom stereocenters. The fourth-order valence-electron chi connectivity index (χ4n) is 2.00. The molecule has 0 heterocycles. The van der Waals surface area contributed by atoms with Crippen LogP contribution in [0.15, 0.2) is 24.3 Å². The van der Waals surface area contributed by atoms with Crippen molar-refractivity contribution in [3.05, 3.63) is 29.8 Å². The predicted molar refractivity (Wildman–Crippen MR) is 80.6 cm³/mol. The summed E-state index contributed by atoms with van der Waals surface area (Å²) < 4.78 is 5.29. The topological polar surface area (TPSA) is 75.6 Å². The van der Waals surface area contributed by atoms with Gasteiger partial charge < -0.3 is 15.2 Å². The van der Waals surface area contributed by atoms with Gasteiger partial charge in [0.25, 0.3) is 5.91 Å². The van der Waals surface area contributed by atoms with Gasteiger partial charge >= 0.3 is 5.97 Å².